The van der Waals surface area contributed by atoms with Gasteiger partial charge in [0.1, 0.15) is 18.1 Å². The number of carbonyl (C=O) groups is 2. The number of para-hydroxylation sites is 2. The van der Waals surface area contributed by atoms with E-state index >= 15 is 0 Å². The first-order valence-corrected chi connectivity index (χ1v) is 10.0. The van der Waals surface area contributed by atoms with Gasteiger partial charge in [-0.05, 0) is 42.5 Å². The minimum atomic E-state index is -1.92. The van der Waals surface area contributed by atoms with Gasteiger partial charge in [-0.25, -0.2) is 0 Å². The van der Waals surface area contributed by atoms with Gasteiger partial charge in [0.2, 0.25) is 0 Å². The molecule has 158 valence electrons. The summed E-state index contributed by atoms with van der Waals surface area (Å²) >= 11 is 0. The van der Waals surface area contributed by atoms with Crippen LogP contribution in [-0.4, -0.2) is 37.1 Å². The van der Waals surface area contributed by atoms with Crippen LogP contribution in [0.4, 0.5) is 5.69 Å². The molecule has 1 atom stereocenters. The van der Waals surface area contributed by atoms with Gasteiger partial charge in [-0.3, -0.25) is 9.59 Å². The maximum Gasteiger partial charge on any atom is 0.264 e. The molecule has 0 radical (unpaired) electrons. The van der Waals surface area contributed by atoms with E-state index in [0.29, 0.717) is 28.3 Å². The minimum absolute atomic E-state index is 0.254. The highest BCUT2D eigenvalue weighted by Crippen LogP contribution is 2.42. The SMILES string of the molecule is COc1ccc(C(=O)CC2(O)C(=O)N(CCOc3ccccc3)c3ccccc32)cc1. The van der Waals surface area contributed by atoms with Crippen LogP contribution in [0.2, 0.25) is 0 Å². The average Bonchev–Trinajstić information content (AvgIpc) is 3.01. The Bertz CT molecular complexity index is 1080. The monoisotopic (exact) mass is 417 g/mol. The normalized spacial score (nSPS) is 17.4. The van der Waals surface area contributed by atoms with Crippen LogP contribution in [-0.2, 0) is 10.4 Å². The van der Waals surface area contributed by atoms with Gasteiger partial charge in [-0.1, -0.05) is 36.4 Å². The third kappa shape index (κ3) is 4.02. The molecule has 3 aromatic rings. The number of ketones is 1. The number of nitrogens with zero attached hydrogens (tertiary/aromatic N) is 1. The van der Waals surface area contributed by atoms with Crippen molar-refractivity contribution in [3.63, 3.8) is 0 Å². The number of hydrogen-bond acceptors (Lipinski definition) is 5. The van der Waals surface area contributed by atoms with Gasteiger partial charge in [-0.15, -0.1) is 0 Å². The Hall–Kier alpha value is -3.64. The lowest BCUT2D eigenvalue weighted by Gasteiger charge is -2.23. The van der Waals surface area contributed by atoms with E-state index in [1.807, 2.05) is 30.3 Å². The number of fused-ring (bicyclic) bond motifs is 1. The second-order valence-electron chi connectivity index (χ2n) is 7.32. The van der Waals surface area contributed by atoms with Crippen molar-refractivity contribution in [1.29, 1.82) is 0 Å². The van der Waals surface area contributed by atoms with Crippen molar-refractivity contribution in [3.05, 3.63) is 90.0 Å². The Kier molecular flexibility index (Phi) is 5.73. The van der Waals surface area contributed by atoms with Crippen molar-refractivity contribution in [1.82, 2.24) is 0 Å². The fourth-order valence-electron chi connectivity index (χ4n) is 3.78. The first kappa shape index (κ1) is 20.6. The maximum atomic E-state index is 13.2. The average molecular weight is 417 g/mol. The number of methoxy groups -OCH3 is 1. The van der Waals surface area contributed by atoms with E-state index in [0.717, 1.165) is 0 Å². The molecule has 1 heterocycles. The highest BCUT2D eigenvalue weighted by molar-refractivity contribution is 6.10. The van der Waals surface area contributed by atoms with Crippen molar-refractivity contribution < 1.29 is 24.2 Å². The molecule has 1 N–H and O–H groups in total. The molecular weight excluding hydrogens is 394 g/mol. The van der Waals surface area contributed by atoms with Crippen LogP contribution in [0.25, 0.3) is 0 Å². The Labute approximate surface area is 180 Å². The first-order chi connectivity index (χ1) is 15.0. The second kappa shape index (κ2) is 8.62. The lowest BCUT2D eigenvalue weighted by molar-refractivity contribution is -0.135. The van der Waals surface area contributed by atoms with E-state index in [4.69, 9.17) is 9.47 Å². The highest BCUT2D eigenvalue weighted by atomic mass is 16.5. The number of amides is 1. The van der Waals surface area contributed by atoms with Crippen molar-refractivity contribution in [2.75, 3.05) is 25.2 Å². The van der Waals surface area contributed by atoms with E-state index in [9.17, 15) is 14.7 Å². The topological polar surface area (TPSA) is 76.1 Å². The Morgan fingerprint density at radius 2 is 1.61 bits per heavy atom. The quantitative estimate of drug-likeness (QED) is 0.567. The second-order valence-corrected chi connectivity index (χ2v) is 7.32. The van der Waals surface area contributed by atoms with Crippen LogP contribution in [0.5, 0.6) is 11.5 Å². The van der Waals surface area contributed by atoms with Gasteiger partial charge in [0.25, 0.3) is 5.91 Å². The smallest absolute Gasteiger partial charge is 0.264 e. The van der Waals surface area contributed by atoms with Gasteiger partial charge in [0.05, 0.1) is 25.8 Å². The maximum absolute atomic E-state index is 13.2. The van der Waals surface area contributed by atoms with Gasteiger partial charge >= 0.3 is 0 Å². The van der Waals surface area contributed by atoms with Crippen molar-refractivity contribution in [2.45, 2.75) is 12.0 Å². The molecule has 1 aliphatic heterocycles. The zero-order valence-corrected chi connectivity index (χ0v) is 17.2. The fraction of sp³-hybridized carbons (Fsp3) is 0.200. The number of benzene rings is 3. The van der Waals surface area contributed by atoms with Gasteiger partial charge in [-0.2, -0.15) is 0 Å². The van der Waals surface area contributed by atoms with E-state index in [2.05, 4.69) is 0 Å². The molecule has 0 spiro atoms. The zero-order valence-electron chi connectivity index (χ0n) is 17.2. The molecule has 6 heteroatoms. The summed E-state index contributed by atoms with van der Waals surface area (Å²) in [6.45, 7) is 0.510. The van der Waals surface area contributed by atoms with Crippen LogP contribution in [0.3, 0.4) is 0 Å². The summed E-state index contributed by atoms with van der Waals surface area (Å²) in [6.07, 6.45) is -0.342. The summed E-state index contributed by atoms with van der Waals surface area (Å²) < 4.78 is 10.8. The molecule has 31 heavy (non-hydrogen) atoms. The first-order valence-electron chi connectivity index (χ1n) is 10.0. The van der Waals surface area contributed by atoms with Crippen molar-refractivity contribution in [2.24, 2.45) is 0 Å². The number of aliphatic hydroxyl groups is 1. The van der Waals surface area contributed by atoms with Crippen LogP contribution < -0.4 is 14.4 Å². The molecule has 0 saturated carbocycles. The molecule has 0 aliphatic carbocycles. The van der Waals surface area contributed by atoms with Crippen LogP contribution in [0, 0.1) is 0 Å². The number of hydrogen-bond donors (Lipinski definition) is 1. The number of carbonyl (C=O) groups excluding carboxylic acids is 2. The van der Waals surface area contributed by atoms with E-state index < -0.39 is 11.5 Å². The summed E-state index contributed by atoms with van der Waals surface area (Å²) in [4.78, 5) is 27.6. The van der Waals surface area contributed by atoms with E-state index in [1.54, 1.807) is 55.6 Å². The summed E-state index contributed by atoms with van der Waals surface area (Å²) in [5, 5.41) is 11.4. The van der Waals surface area contributed by atoms with Crippen molar-refractivity contribution >= 4 is 17.4 Å². The number of Topliss-reactive ketones (excluding diaryl/α,β-unsaturated/α-hetero) is 1. The summed E-state index contributed by atoms with van der Waals surface area (Å²) in [7, 11) is 1.55. The molecule has 1 amide bonds. The lowest BCUT2D eigenvalue weighted by atomic mass is 9.88. The fourth-order valence-corrected chi connectivity index (χ4v) is 3.78. The Balaban J connectivity index is 1.53. The Morgan fingerprint density at radius 3 is 2.32 bits per heavy atom. The van der Waals surface area contributed by atoms with E-state index in [-0.39, 0.29) is 25.4 Å². The summed E-state index contributed by atoms with van der Waals surface area (Å²) in [5.74, 6) is 0.484. The molecule has 1 aliphatic rings. The largest absolute Gasteiger partial charge is 0.497 e. The third-order valence-corrected chi connectivity index (χ3v) is 5.39. The molecule has 6 nitrogen and oxygen atoms in total. The van der Waals surface area contributed by atoms with Crippen LogP contribution >= 0.6 is 0 Å². The van der Waals surface area contributed by atoms with Crippen LogP contribution in [0.15, 0.2) is 78.9 Å². The van der Waals surface area contributed by atoms with E-state index in [1.165, 1.54) is 4.90 Å². The lowest BCUT2D eigenvalue weighted by Crippen LogP contribution is -2.43. The minimum Gasteiger partial charge on any atom is -0.497 e. The molecule has 0 aromatic heterocycles. The zero-order chi connectivity index (χ0) is 21.8. The van der Waals surface area contributed by atoms with Gasteiger partial charge < -0.3 is 19.5 Å². The van der Waals surface area contributed by atoms with Crippen LogP contribution in [0.1, 0.15) is 22.3 Å². The Morgan fingerprint density at radius 1 is 0.935 bits per heavy atom. The number of ether oxygens (including phenoxy) is 2. The molecule has 0 saturated heterocycles. The standard InChI is InChI=1S/C25H23NO5/c1-30-19-13-11-18(12-14-19)23(27)17-25(29)21-9-5-6-10-22(21)26(24(25)28)15-16-31-20-7-3-2-4-8-20/h2-14,29H,15-17H2,1H3. The van der Waals surface area contributed by atoms with Gasteiger partial charge in [0, 0.05) is 11.1 Å². The molecule has 1 unspecified atom stereocenters. The molecule has 4 rings (SSSR count). The predicted molar refractivity (Wildman–Crippen MR) is 117 cm³/mol. The predicted octanol–water partition coefficient (Wildman–Crippen LogP) is 3.58. The number of anilines is 1. The molecule has 0 bridgehead atoms. The molecule has 0 fully saturated rings. The molecule has 3 aromatic carbocycles. The van der Waals surface area contributed by atoms with Gasteiger partial charge in [0.15, 0.2) is 11.4 Å². The summed E-state index contributed by atoms with van der Waals surface area (Å²) in [5.41, 5.74) is -0.485. The highest BCUT2D eigenvalue weighted by Gasteiger charge is 2.50. The third-order valence-electron chi connectivity index (χ3n) is 5.39. The van der Waals surface area contributed by atoms with Crippen molar-refractivity contribution in [3.8, 4) is 11.5 Å². The molecular formula is C25H23NO5. The number of rotatable bonds is 8. The summed E-state index contributed by atoms with van der Waals surface area (Å²) in [6, 6.07) is 22.9.